The van der Waals surface area contributed by atoms with Crippen LogP contribution in [-0.4, -0.2) is 30.8 Å². The fraction of sp³-hybridized carbons (Fsp3) is 0.385. The normalized spacial score (nSPS) is 17.3. The zero-order valence-corrected chi connectivity index (χ0v) is 13.9. The number of hydrogen-bond acceptors (Lipinski definition) is 2. The van der Waals surface area contributed by atoms with Gasteiger partial charge in [0, 0.05) is 22.9 Å². The van der Waals surface area contributed by atoms with E-state index in [9.17, 15) is 26.0 Å². The molecule has 1 N–H and O–H groups in total. The molecule has 126 valence electrons. The maximum atomic E-state index is 14.0. The van der Waals surface area contributed by atoms with Gasteiger partial charge in [-0.25, -0.2) is 12.8 Å². The SMILES string of the molecule is O=S(=O)(c1cc2c(Br)c(C(F)(F)F)cc(F)c2[nH]1)N1CCCC1. The summed E-state index contributed by atoms with van der Waals surface area (Å²) in [6.07, 6.45) is -3.31. The van der Waals surface area contributed by atoms with Gasteiger partial charge < -0.3 is 4.98 Å². The van der Waals surface area contributed by atoms with Crippen molar-refractivity contribution in [3.05, 3.63) is 28.0 Å². The third kappa shape index (κ3) is 2.76. The van der Waals surface area contributed by atoms with Crippen molar-refractivity contribution in [2.75, 3.05) is 13.1 Å². The highest BCUT2D eigenvalue weighted by Gasteiger charge is 2.36. The van der Waals surface area contributed by atoms with Crippen molar-refractivity contribution < 1.29 is 26.0 Å². The molecule has 0 amide bonds. The van der Waals surface area contributed by atoms with Crippen LogP contribution in [0.25, 0.3) is 10.9 Å². The molecular formula is C13H11BrF4N2O2S. The lowest BCUT2D eigenvalue weighted by atomic mass is 10.1. The summed E-state index contributed by atoms with van der Waals surface area (Å²) in [6.45, 7) is 0.685. The molecule has 2 aromatic rings. The van der Waals surface area contributed by atoms with Crippen LogP contribution in [0.2, 0.25) is 0 Å². The zero-order chi connectivity index (χ0) is 17.0. The fourth-order valence-electron chi connectivity index (χ4n) is 2.61. The molecule has 1 fully saturated rings. The number of nitrogens with zero attached hydrogens (tertiary/aromatic N) is 1. The Bertz CT molecular complexity index is 870. The molecule has 1 aliphatic rings. The van der Waals surface area contributed by atoms with Gasteiger partial charge in [-0.1, -0.05) is 0 Å². The van der Waals surface area contributed by atoms with Gasteiger partial charge in [0.15, 0.2) is 0 Å². The number of sulfonamides is 1. The van der Waals surface area contributed by atoms with Gasteiger partial charge in [0.25, 0.3) is 10.0 Å². The summed E-state index contributed by atoms with van der Waals surface area (Å²) in [5, 5.41) is -0.469. The first-order valence-corrected chi connectivity index (χ1v) is 8.94. The van der Waals surface area contributed by atoms with E-state index in [2.05, 4.69) is 20.9 Å². The average Bonchev–Trinajstić information content (AvgIpc) is 3.10. The molecule has 1 aromatic heterocycles. The van der Waals surface area contributed by atoms with E-state index < -0.39 is 27.6 Å². The molecule has 10 heteroatoms. The van der Waals surface area contributed by atoms with Crippen LogP contribution in [0.5, 0.6) is 0 Å². The number of aromatic amines is 1. The Morgan fingerprint density at radius 3 is 2.35 bits per heavy atom. The van der Waals surface area contributed by atoms with Gasteiger partial charge in [-0.2, -0.15) is 17.5 Å². The highest BCUT2D eigenvalue weighted by molar-refractivity contribution is 9.10. The van der Waals surface area contributed by atoms with Crippen LogP contribution < -0.4 is 0 Å². The molecule has 0 atom stereocenters. The van der Waals surface area contributed by atoms with E-state index in [1.807, 2.05) is 0 Å². The predicted molar refractivity (Wildman–Crippen MR) is 79.0 cm³/mol. The number of H-pyrrole nitrogens is 1. The molecule has 0 unspecified atom stereocenters. The summed E-state index contributed by atoms with van der Waals surface area (Å²) in [5.41, 5.74) is -1.46. The van der Waals surface area contributed by atoms with E-state index >= 15 is 0 Å². The second kappa shape index (κ2) is 5.45. The van der Waals surface area contributed by atoms with Crippen molar-refractivity contribution in [2.45, 2.75) is 24.0 Å². The van der Waals surface area contributed by atoms with Gasteiger partial charge in [0.2, 0.25) is 0 Å². The first-order valence-electron chi connectivity index (χ1n) is 6.70. The molecule has 1 aliphatic heterocycles. The predicted octanol–water partition coefficient (Wildman–Crippen LogP) is 3.87. The Morgan fingerprint density at radius 1 is 1.17 bits per heavy atom. The maximum absolute atomic E-state index is 14.0. The van der Waals surface area contributed by atoms with E-state index in [0.29, 0.717) is 19.2 Å². The van der Waals surface area contributed by atoms with Crippen molar-refractivity contribution in [3.8, 4) is 0 Å². The summed E-state index contributed by atoms with van der Waals surface area (Å²) in [7, 11) is -3.87. The molecule has 0 aliphatic carbocycles. The van der Waals surface area contributed by atoms with Crippen molar-refractivity contribution >= 4 is 36.9 Å². The minimum Gasteiger partial charge on any atom is -0.342 e. The van der Waals surface area contributed by atoms with Crippen LogP contribution in [0.15, 0.2) is 21.6 Å². The molecule has 23 heavy (non-hydrogen) atoms. The number of rotatable bonds is 2. The van der Waals surface area contributed by atoms with Crippen molar-refractivity contribution in [1.82, 2.24) is 9.29 Å². The molecule has 0 spiro atoms. The molecular weight excluding hydrogens is 404 g/mol. The number of aromatic nitrogens is 1. The number of hydrogen-bond donors (Lipinski definition) is 1. The van der Waals surface area contributed by atoms with Gasteiger partial charge in [-0.3, -0.25) is 0 Å². The maximum Gasteiger partial charge on any atom is 0.417 e. The zero-order valence-electron chi connectivity index (χ0n) is 11.5. The molecule has 0 bridgehead atoms. The first-order chi connectivity index (χ1) is 10.6. The number of alkyl halides is 3. The van der Waals surface area contributed by atoms with Crippen LogP contribution in [0.4, 0.5) is 17.6 Å². The Hall–Kier alpha value is -1.13. The van der Waals surface area contributed by atoms with Crippen LogP contribution in [0.3, 0.4) is 0 Å². The Balaban J connectivity index is 2.20. The quantitative estimate of drug-likeness (QED) is 0.758. The van der Waals surface area contributed by atoms with Crippen LogP contribution in [-0.2, 0) is 16.2 Å². The third-order valence-electron chi connectivity index (χ3n) is 3.76. The minimum absolute atomic E-state index is 0.157. The number of fused-ring (bicyclic) bond motifs is 1. The summed E-state index contributed by atoms with van der Waals surface area (Å²) in [6, 6.07) is 1.38. The van der Waals surface area contributed by atoms with Crippen LogP contribution >= 0.6 is 15.9 Å². The lowest BCUT2D eigenvalue weighted by Crippen LogP contribution is -2.28. The smallest absolute Gasteiger partial charge is 0.342 e. The second-order valence-corrected chi connectivity index (χ2v) is 7.95. The first kappa shape index (κ1) is 16.7. The van der Waals surface area contributed by atoms with Crippen molar-refractivity contribution in [1.29, 1.82) is 0 Å². The Kier molecular flexibility index (Phi) is 3.96. The molecule has 2 heterocycles. The standard InChI is InChI=1S/C13H11BrF4N2O2S/c14-11-7-5-10(23(21,22)20-3-1-2-4-20)19-12(7)9(15)6-8(11)13(16,17)18/h5-6,19H,1-4H2. The number of nitrogens with one attached hydrogen (secondary N) is 1. The Labute approximate surface area is 137 Å². The molecule has 1 saturated heterocycles. The Morgan fingerprint density at radius 2 is 1.78 bits per heavy atom. The fourth-order valence-corrected chi connectivity index (χ4v) is 4.78. The summed E-state index contributed by atoms with van der Waals surface area (Å²) in [4.78, 5) is 2.40. The monoisotopic (exact) mass is 414 g/mol. The minimum atomic E-state index is -4.75. The van der Waals surface area contributed by atoms with Gasteiger partial charge in [0.05, 0.1) is 11.1 Å². The molecule has 3 rings (SSSR count). The second-order valence-electron chi connectivity index (χ2n) is 5.25. The van der Waals surface area contributed by atoms with Gasteiger partial charge >= 0.3 is 6.18 Å². The van der Waals surface area contributed by atoms with Crippen molar-refractivity contribution in [3.63, 3.8) is 0 Å². The van der Waals surface area contributed by atoms with E-state index in [1.165, 1.54) is 4.31 Å². The lowest BCUT2D eigenvalue weighted by molar-refractivity contribution is -0.138. The van der Waals surface area contributed by atoms with Gasteiger partial charge in [-0.15, -0.1) is 0 Å². The van der Waals surface area contributed by atoms with Gasteiger partial charge in [0.1, 0.15) is 10.8 Å². The molecule has 0 saturated carbocycles. The van der Waals surface area contributed by atoms with E-state index in [1.54, 1.807) is 0 Å². The summed E-state index contributed by atoms with van der Waals surface area (Å²) >= 11 is 2.80. The van der Waals surface area contributed by atoms with Crippen LogP contribution in [0, 0.1) is 5.82 Å². The molecule has 0 radical (unpaired) electrons. The van der Waals surface area contributed by atoms with E-state index in [4.69, 9.17) is 0 Å². The van der Waals surface area contributed by atoms with E-state index in [-0.39, 0.29) is 20.4 Å². The lowest BCUT2D eigenvalue weighted by Gasteiger charge is -2.13. The largest absolute Gasteiger partial charge is 0.417 e. The number of benzene rings is 1. The van der Waals surface area contributed by atoms with Gasteiger partial charge in [-0.05, 0) is 40.9 Å². The van der Waals surface area contributed by atoms with Crippen molar-refractivity contribution in [2.24, 2.45) is 0 Å². The number of halogens is 5. The molecule has 1 aromatic carbocycles. The summed E-state index contributed by atoms with van der Waals surface area (Å²) in [5.74, 6) is -1.15. The highest BCUT2D eigenvalue weighted by Crippen LogP contribution is 2.40. The highest BCUT2D eigenvalue weighted by atomic mass is 79.9. The molecule has 4 nitrogen and oxygen atoms in total. The topological polar surface area (TPSA) is 53.2 Å². The third-order valence-corrected chi connectivity index (χ3v) is 6.44. The van der Waals surface area contributed by atoms with Crippen LogP contribution in [0.1, 0.15) is 18.4 Å². The summed E-state index contributed by atoms with van der Waals surface area (Å²) < 4.78 is 78.4. The van der Waals surface area contributed by atoms with E-state index in [0.717, 1.165) is 18.9 Å². The average molecular weight is 415 g/mol.